The lowest BCUT2D eigenvalue weighted by atomic mass is 10.0. The Labute approximate surface area is 181 Å². The molecule has 2 bridgehead atoms. The van der Waals surface area contributed by atoms with E-state index in [0.29, 0.717) is 28.4 Å². The molecule has 0 spiro atoms. The lowest BCUT2D eigenvalue weighted by Gasteiger charge is -2.21. The van der Waals surface area contributed by atoms with Crippen LogP contribution in [0, 0.1) is 18.3 Å². The van der Waals surface area contributed by atoms with E-state index in [0.717, 1.165) is 16.7 Å². The summed E-state index contributed by atoms with van der Waals surface area (Å²) in [6, 6.07) is 9.77. The van der Waals surface area contributed by atoms with Gasteiger partial charge in [-0.3, -0.25) is 4.68 Å². The van der Waals surface area contributed by atoms with Crippen LogP contribution in [-0.2, 0) is 28.3 Å². The third-order valence-electron chi connectivity index (χ3n) is 5.39. The summed E-state index contributed by atoms with van der Waals surface area (Å²) in [5.41, 5.74) is 10.5. The van der Waals surface area contributed by atoms with Gasteiger partial charge in [0, 0.05) is 20.2 Å². The van der Waals surface area contributed by atoms with Crippen LogP contribution >= 0.6 is 0 Å². The SMILES string of the molecule is CN=S1(=O)Cc2ccc(C)cc2[C@@H](C)Oc2cc(nnc2N)-c2c(nn(C)c2C#N)C1. The minimum Gasteiger partial charge on any atom is -0.482 e. The Kier molecular flexibility index (Phi) is 5.15. The number of nitrogens with two attached hydrogens (primary N) is 1. The maximum atomic E-state index is 13.8. The molecule has 1 aromatic carbocycles. The molecule has 0 fully saturated rings. The number of aromatic nitrogens is 4. The quantitative estimate of drug-likeness (QED) is 0.572. The Morgan fingerprint density at radius 2 is 2.10 bits per heavy atom. The van der Waals surface area contributed by atoms with Gasteiger partial charge in [-0.1, -0.05) is 23.8 Å². The van der Waals surface area contributed by atoms with E-state index in [9.17, 15) is 9.47 Å². The molecule has 2 atom stereocenters. The Hall–Kier alpha value is -3.45. The minimum atomic E-state index is -2.72. The molecule has 9 nitrogen and oxygen atoms in total. The molecular weight excluding hydrogens is 414 g/mol. The van der Waals surface area contributed by atoms with Crippen LogP contribution < -0.4 is 10.5 Å². The van der Waals surface area contributed by atoms with Crippen LogP contribution in [0.2, 0.25) is 0 Å². The number of nitrogens with zero attached hydrogens (tertiary/aromatic N) is 6. The van der Waals surface area contributed by atoms with Gasteiger partial charge in [-0.2, -0.15) is 10.4 Å². The number of nitrogen functional groups attached to an aromatic ring is 1. The highest BCUT2D eigenvalue weighted by Gasteiger charge is 2.27. The Morgan fingerprint density at radius 3 is 2.81 bits per heavy atom. The molecule has 0 aliphatic carbocycles. The number of ether oxygens (including phenoxy) is 1. The second kappa shape index (κ2) is 7.67. The second-order valence-electron chi connectivity index (χ2n) is 7.59. The van der Waals surface area contributed by atoms with Crippen LogP contribution in [-0.4, -0.2) is 31.2 Å². The van der Waals surface area contributed by atoms with Gasteiger partial charge < -0.3 is 10.5 Å². The van der Waals surface area contributed by atoms with Gasteiger partial charge in [0.15, 0.2) is 11.6 Å². The summed E-state index contributed by atoms with van der Waals surface area (Å²) < 4.78 is 25.7. The van der Waals surface area contributed by atoms with Crippen molar-refractivity contribution in [1.82, 2.24) is 20.0 Å². The first kappa shape index (κ1) is 20.8. The Morgan fingerprint density at radius 1 is 1.32 bits per heavy atom. The van der Waals surface area contributed by atoms with Gasteiger partial charge in [0.2, 0.25) is 0 Å². The molecule has 1 unspecified atom stereocenters. The van der Waals surface area contributed by atoms with Crippen molar-refractivity contribution < 1.29 is 8.95 Å². The van der Waals surface area contributed by atoms with E-state index in [-0.39, 0.29) is 23.4 Å². The molecule has 4 rings (SSSR count). The van der Waals surface area contributed by atoms with Crippen LogP contribution in [0.3, 0.4) is 0 Å². The van der Waals surface area contributed by atoms with Crippen molar-refractivity contribution in [2.24, 2.45) is 11.4 Å². The molecule has 3 heterocycles. The number of anilines is 1. The van der Waals surface area contributed by atoms with Gasteiger partial charge in [-0.05, 0) is 25.0 Å². The normalized spacial score (nSPS) is 20.3. The molecule has 1 aliphatic heterocycles. The molecule has 160 valence electrons. The van der Waals surface area contributed by atoms with Crippen molar-refractivity contribution in [3.8, 4) is 23.1 Å². The zero-order valence-electron chi connectivity index (χ0n) is 17.8. The summed E-state index contributed by atoms with van der Waals surface area (Å²) >= 11 is 0. The van der Waals surface area contributed by atoms with Crippen molar-refractivity contribution in [2.45, 2.75) is 31.5 Å². The Balaban J connectivity index is 2.03. The average Bonchev–Trinajstić information content (AvgIpc) is 3.04. The predicted molar refractivity (Wildman–Crippen MR) is 117 cm³/mol. The molecular formula is C21H23N7O2S. The number of hydrogen-bond donors (Lipinski definition) is 1. The number of rotatable bonds is 0. The van der Waals surface area contributed by atoms with Gasteiger partial charge >= 0.3 is 0 Å². The van der Waals surface area contributed by atoms with E-state index in [1.54, 1.807) is 20.2 Å². The van der Waals surface area contributed by atoms with E-state index in [1.165, 1.54) is 4.68 Å². The third kappa shape index (κ3) is 3.72. The standard InChI is InChI=1S/C21H23N7O2S/c1-12-5-6-14-10-31(29,24-3)11-17-20(18(9-22)28(4)27-17)16-8-19(21(23)26-25-16)30-13(2)15(14)7-12/h5-8,13H,10-11H2,1-4H3,(H2,23,26)/t13-,31?/m1/s1. The molecule has 0 saturated heterocycles. The molecule has 0 amide bonds. The number of aryl methyl sites for hydroxylation is 2. The average molecular weight is 438 g/mol. The molecule has 2 N–H and O–H groups in total. The lowest BCUT2D eigenvalue weighted by Crippen LogP contribution is -2.15. The fraction of sp³-hybridized carbons (Fsp3) is 0.333. The lowest BCUT2D eigenvalue weighted by molar-refractivity contribution is 0.226. The fourth-order valence-electron chi connectivity index (χ4n) is 3.79. The zero-order valence-corrected chi connectivity index (χ0v) is 18.6. The van der Waals surface area contributed by atoms with Gasteiger partial charge in [0.25, 0.3) is 0 Å². The molecule has 1 aliphatic rings. The van der Waals surface area contributed by atoms with E-state index < -0.39 is 9.73 Å². The first-order chi connectivity index (χ1) is 14.7. The number of hydrogen-bond acceptors (Lipinski definition) is 8. The van der Waals surface area contributed by atoms with Crippen LogP contribution in [0.1, 0.15) is 41.1 Å². The van der Waals surface area contributed by atoms with Crippen molar-refractivity contribution in [1.29, 1.82) is 5.26 Å². The van der Waals surface area contributed by atoms with Gasteiger partial charge in [-0.15, -0.1) is 10.2 Å². The third-order valence-corrected chi connectivity index (χ3v) is 7.54. The van der Waals surface area contributed by atoms with Crippen molar-refractivity contribution in [3.63, 3.8) is 0 Å². The summed E-state index contributed by atoms with van der Waals surface area (Å²) in [4.78, 5) is 0. The number of benzene rings is 1. The van der Waals surface area contributed by atoms with Gasteiger partial charge in [0.1, 0.15) is 23.6 Å². The van der Waals surface area contributed by atoms with Crippen LogP contribution in [0.15, 0.2) is 28.6 Å². The number of nitriles is 1. The van der Waals surface area contributed by atoms with E-state index >= 15 is 0 Å². The van der Waals surface area contributed by atoms with Crippen LogP contribution in [0.5, 0.6) is 5.75 Å². The van der Waals surface area contributed by atoms with Crippen molar-refractivity contribution >= 4 is 15.5 Å². The smallest absolute Gasteiger partial charge is 0.188 e. The molecule has 0 radical (unpaired) electrons. The highest BCUT2D eigenvalue weighted by atomic mass is 32.2. The summed E-state index contributed by atoms with van der Waals surface area (Å²) in [5, 5.41) is 22.4. The summed E-state index contributed by atoms with van der Waals surface area (Å²) in [6.45, 7) is 3.90. The summed E-state index contributed by atoms with van der Waals surface area (Å²) in [7, 11) is 0.496. The topological polar surface area (TPSA) is 132 Å². The summed E-state index contributed by atoms with van der Waals surface area (Å²) in [6.07, 6.45) is -0.377. The van der Waals surface area contributed by atoms with Gasteiger partial charge in [-0.25, -0.2) is 8.57 Å². The number of fused-ring (bicyclic) bond motifs is 5. The van der Waals surface area contributed by atoms with E-state index in [4.69, 9.17) is 10.5 Å². The van der Waals surface area contributed by atoms with E-state index in [1.807, 2.05) is 32.0 Å². The largest absolute Gasteiger partial charge is 0.482 e. The first-order valence-electron chi connectivity index (χ1n) is 9.71. The maximum Gasteiger partial charge on any atom is 0.188 e. The van der Waals surface area contributed by atoms with Crippen molar-refractivity contribution in [2.75, 3.05) is 12.8 Å². The van der Waals surface area contributed by atoms with Crippen LogP contribution in [0.25, 0.3) is 11.3 Å². The molecule has 0 saturated carbocycles. The highest BCUT2D eigenvalue weighted by Crippen LogP contribution is 2.35. The maximum absolute atomic E-state index is 13.8. The fourth-order valence-corrected chi connectivity index (χ4v) is 5.53. The zero-order chi connectivity index (χ0) is 22.3. The predicted octanol–water partition coefficient (Wildman–Crippen LogP) is 2.89. The molecule has 3 aromatic rings. The highest BCUT2D eigenvalue weighted by molar-refractivity contribution is 7.92. The van der Waals surface area contributed by atoms with Gasteiger partial charge in [0.05, 0.1) is 32.5 Å². The van der Waals surface area contributed by atoms with E-state index in [2.05, 4.69) is 25.7 Å². The Bertz CT molecular complexity index is 1350. The molecule has 2 aromatic heterocycles. The van der Waals surface area contributed by atoms with Crippen LogP contribution in [0.4, 0.5) is 5.82 Å². The molecule has 31 heavy (non-hydrogen) atoms. The monoisotopic (exact) mass is 437 g/mol. The minimum absolute atomic E-state index is 0.0816. The molecule has 10 heteroatoms. The second-order valence-corrected chi connectivity index (χ2v) is 10.1. The summed E-state index contributed by atoms with van der Waals surface area (Å²) in [5.74, 6) is 0.835. The van der Waals surface area contributed by atoms with Crippen molar-refractivity contribution in [3.05, 3.63) is 52.3 Å². The first-order valence-corrected chi connectivity index (χ1v) is 11.6.